The van der Waals surface area contributed by atoms with Crippen LogP contribution in [0.15, 0.2) is 18.2 Å². The average molecular weight is 287 g/mol. The van der Waals surface area contributed by atoms with Gasteiger partial charge in [0.15, 0.2) is 0 Å². The Morgan fingerprint density at radius 3 is 2.71 bits per heavy atom. The SMILES string of the molecule is CCCCCCC(=O)Nc1ccc(C#CCO)cc1CC. The van der Waals surface area contributed by atoms with Gasteiger partial charge in [-0.05, 0) is 36.6 Å². The second kappa shape index (κ2) is 10.0. The number of rotatable bonds is 7. The molecule has 0 radical (unpaired) electrons. The molecule has 0 saturated heterocycles. The second-order valence-corrected chi connectivity index (χ2v) is 5.04. The monoisotopic (exact) mass is 287 g/mol. The Hall–Kier alpha value is -1.79. The second-order valence-electron chi connectivity index (χ2n) is 5.04. The van der Waals surface area contributed by atoms with Gasteiger partial charge < -0.3 is 10.4 Å². The van der Waals surface area contributed by atoms with E-state index >= 15 is 0 Å². The van der Waals surface area contributed by atoms with Gasteiger partial charge in [-0.1, -0.05) is 45.0 Å². The van der Waals surface area contributed by atoms with Crippen LogP contribution >= 0.6 is 0 Å². The molecule has 114 valence electrons. The van der Waals surface area contributed by atoms with Gasteiger partial charge in [0, 0.05) is 17.7 Å². The van der Waals surface area contributed by atoms with Crippen molar-refractivity contribution in [3.05, 3.63) is 29.3 Å². The molecule has 3 nitrogen and oxygen atoms in total. The molecule has 3 heteroatoms. The first-order valence-corrected chi connectivity index (χ1v) is 7.73. The maximum absolute atomic E-state index is 11.9. The Kier molecular flexibility index (Phi) is 8.23. The van der Waals surface area contributed by atoms with Crippen molar-refractivity contribution in [2.75, 3.05) is 11.9 Å². The van der Waals surface area contributed by atoms with Gasteiger partial charge in [0.1, 0.15) is 6.61 Å². The van der Waals surface area contributed by atoms with Crippen molar-refractivity contribution in [2.24, 2.45) is 0 Å². The third-order valence-corrected chi connectivity index (χ3v) is 3.33. The fraction of sp³-hybridized carbons (Fsp3) is 0.500. The third-order valence-electron chi connectivity index (χ3n) is 3.33. The van der Waals surface area contributed by atoms with Crippen molar-refractivity contribution in [2.45, 2.75) is 52.4 Å². The zero-order valence-electron chi connectivity index (χ0n) is 13.0. The Labute approximate surface area is 127 Å². The van der Waals surface area contributed by atoms with Crippen LogP contribution in [-0.4, -0.2) is 17.6 Å². The molecule has 0 aliphatic rings. The topological polar surface area (TPSA) is 49.3 Å². The molecular weight excluding hydrogens is 262 g/mol. The van der Waals surface area contributed by atoms with Gasteiger partial charge in [-0.2, -0.15) is 0 Å². The van der Waals surface area contributed by atoms with Crippen LogP contribution in [0.4, 0.5) is 5.69 Å². The third kappa shape index (κ3) is 6.46. The number of aliphatic hydroxyl groups is 1. The molecule has 2 N–H and O–H groups in total. The maximum Gasteiger partial charge on any atom is 0.224 e. The quantitative estimate of drug-likeness (QED) is 0.595. The lowest BCUT2D eigenvalue weighted by Gasteiger charge is -2.10. The van der Waals surface area contributed by atoms with E-state index in [1.54, 1.807) is 0 Å². The molecule has 21 heavy (non-hydrogen) atoms. The van der Waals surface area contributed by atoms with Gasteiger partial charge in [0.2, 0.25) is 5.91 Å². The summed E-state index contributed by atoms with van der Waals surface area (Å²) in [6, 6.07) is 5.73. The van der Waals surface area contributed by atoms with Crippen molar-refractivity contribution in [3.63, 3.8) is 0 Å². The van der Waals surface area contributed by atoms with Gasteiger partial charge in [-0.3, -0.25) is 4.79 Å². The van der Waals surface area contributed by atoms with E-state index < -0.39 is 0 Å². The predicted molar refractivity (Wildman–Crippen MR) is 87.2 cm³/mol. The highest BCUT2D eigenvalue weighted by Crippen LogP contribution is 2.18. The van der Waals surface area contributed by atoms with Crippen LogP contribution in [0.2, 0.25) is 0 Å². The van der Waals surface area contributed by atoms with Gasteiger partial charge in [0.25, 0.3) is 0 Å². The van der Waals surface area contributed by atoms with E-state index in [0.29, 0.717) is 6.42 Å². The highest BCUT2D eigenvalue weighted by atomic mass is 16.2. The summed E-state index contributed by atoms with van der Waals surface area (Å²) in [5.41, 5.74) is 2.80. The Morgan fingerprint density at radius 2 is 2.05 bits per heavy atom. The van der Waals surface area contributed by atoms with Gasteiger partial charge >= 0.3 is 0 Å². The molecule has 0 fully saturated rings. The van der Waals surface area contributed by atoms with Crippen LogP contribution in [0.1, 0.15) is 57.1 Å². The van der Waals surface area contributed by atoms with Crippen LogP contribution in [0.25, 0.3) is 0 Å². The fourth-order valence-corrected chi connectivity index (χ4v) is 2.15. The minimum Gasteiger partial charge on any atom is -0.384 e. The van der Waals surface area contributed by atoms with Crippen LogP contribution in [0.3, 0.4) is 0 Å². The van der Waals surface area contributed by atoms with Crippen LogP contribution in [0, 0.1) is 11.8 Å². The Morgan fingerprint density at radius 1 is 1.24 bits per heavy atom. The van der Waals surface area contributed by atoms with E-state index in [2.05, 4.69) is 31.0 Å². The summed E-state index contributed by atoms with van der Waals surface area (Å²) in [6.07, 6.45) is 5.83. The number of unbranched alkanes of at least 4 members (excludes halogenated alkanes) is 3. The van der Waals surface area contributed by atoms with Crippen molar-refractivity contribution in [1.82, 2.24) is 0 Å². The van der Waals surface area contributed by atoms with E-state index in [0.717, 1.165) is 36.1 Å². The highest BCUT2D eigenvalue weighted by molar-refractivity contribution is 5.91. The number of amides is 1. The van der Waals surface area contributed by atoms with Crippen molar-refractivity contribution >= 4 is 11.6 Å². The average Bonchev–Trinajstić information content (AvgIpc) is 2.50. The minimum atomic E-state index is -0.141. The lowest BCUT2D eigenvalue weighted by atomic mass is 10.1. The van der Waals surface area contributed by atoms with Gasteiger partial charge in [-0.25, -0.2) is 0 Å². The molecule has 0 atom stereocenters. The molecule has 1 aromatic carbocycles. The van der Waals surface area contributed by atoms with E-state index in [1.165, 1.54) is 12.8 Å². The summed E-state index contributed by atoms with van der Waals surface area (Å²) in [6.45, 7) is 4.07. The molecule has 0 unspecified atom stereocenters. The molecule has 0 heterocycles. The summed E-state index contributed by atoms with van der Waals surface area (Å²) >= 11 is 0. The first-order chi connectivity index (χ1) is 10.2. The van der Waals surface area contributed by atoms with E-state index in [-0.39, 0.29) is 12.5 Å². The summed E-state index contributed by atoms with van der Waals surface area (Å²) in [5, 5.41) is 11.7. The molecular formula is C18H25NO2. The number of anilines is 1. The molecule has 0 spiro atoms. The number of benzene rings is 1. The number of hydrogen-bond acceptors (Lipinski definition) is 2. The Balaban J connectivity index is 2.63. The van der Waals surface area contributed by atoms with E-state index in [9.17, 15) is 4.79 Å². The number of aliphatic hydroxyl groups excluding tert-OH is 1. The number of nitrogens with one attached hydrogen (secondary N) is 1. The molecule has 0 bridgehead atoms. The van der Waals surface area contributed by atoms with Crippen molar-refractivity contribution in [1.29, 1.82) is 0 Å². The first kappa shape index (κ1) is 17.3. The molecule has 0 aromatic heterocycles. The minimum absolute atomic E-state index is 0.0787. The predicted octanol–water partition coefficient (Wildman–Crippen LogP) is 3.50. The smallest absolute Gasteiger partial charge is 0.224 e. The molecule has 0 saturated carbocycles. The summed E-state index contributed by atoms with van der Waals surface area (Å²) < 4.78 is 0. The molecule has 0 aliphatic heterocycles. The van der Waals surface area contributed by atoms with E-state index in [4.69, 9.17) is 5.11 Å². The van der Waals surface area contributed by atoms with Gasteiger partial charge in [-0.15, -0.1) is 0 Å². The number of carbonyl (C=O) groups excluding carboxylic acids is 1. The van der Waals surface area contributed by atoms with E-state index in [1.807, 2.05) is 18.2 Å². The summed E-state index contributed by atoms with van der Waals surface area (Å²) in [5.74, 6) is 5.60. The standard InChI is InChI=1S/C18H25NO2/c1-3-5-6-7-10-18(21)19-17-12-11-15(9-8-13-20)14-16(17)4-2/h11-12,14,20H,3-7,10,13H2,1-2H3,(H,19,21). The van der Waals surface area contributed by atoms with Crippen molar-refractivity contribution < 1.29 is 9.90 Å². The fourth-order valence-electron chi connectivity index (χ4n) is 2.15. The normalized spacial score (nSPS) is 9.86. The zero-order valence-corrected chi connectivity index (χ0v) is 13.0. The number of carbonyl (C=O) groups is 1. The first-order valence-electron chi connectivity index (χ1n) is 7.73. The molecule has 0 aliphatic carbocycles. The maximum atomic E-state index is 11.9. The lowest BCUT2D eigenvalue weighted by molar-refractivity contribution is -0.116. The number of hydrogen-bond donors (Lipinski definition) is 2. The molecule has 1 amide bonds. The largest absolute Gasteiger partial charge is 0.384 e. The van der Waals surface area contributed by atoms with Crippen LogP contribution in [-0.2, 0) is 11.2 Å². The summed E-state index contributed by atoms with van der Waals surface area (Å²) in [7, 11) is 0. The molecule has 1 aromatic rings. The van der Waals surface area contributed by atoms with Crippen LogP contribution < -0.4 is 5.32 Å². The summed E-state index contributed by atoms with van der Waals surface area (Å²) in [4.78, 5) is 11.9. The number of aryl methyl sites for hydroxylation is 1. The Bertz CT molecular complexity index is 512. The molecule has 1 rings (SSSR count). The van der Waals surface area contributed by atoms with Crippen LogP contribution in [0.5, 0.6) is 0 Å². The zero-order chi connectivity index (χ0) is 15.5. The highest BCUT2D eigenvalue weighted by Gasteiger charge is 2.06. The van der Waals surface area contributed by atoms with Gasteiger partial charge in [0.05, 0.1) is 0 Å². The lowest BCUT2D eigenvalue weighted by Crippen LogP contribution is -2.12. The van der Waals surface area contributed by atoms with Crippen molar-refractivity contribution in [3.8, 4) is 11.8 Å².